The van der Waals surface area contributed by atoms with Gasteiger partial charge in [-0.05, 0) is 31.9 Å². The molecule has 0 atom stereocenters. The zero-order valence-electron chi connectivity index (χ0n) is 15.6. The predicted octanol–water partition coefficient (Wildman–Crippen LogP) is 2.49. The fraction of sp³-hybridized carbons (Fsp3) is 0.400. The van der Waals surface area contributed by atoms with Crippen LogP contribution in [0.3, 0.4) is 0 Å². The number of amides is 1. The lowest BCUT2D eigenvalue weighted by Crippen LogP contribution is -2.44. The molecule has 1 heterocycles. The zero-order valence-corrected chi connectivity index (χ0v) is 16.5. The van der Waals surface area contributed by atoms with E-state index in [1.807, 2.05) is 0 Å². The Balaban J connectivity index is 2.09. The van der Waals surface area contributed by atoms with Gasteiger partial charge in [0.05, 0.1) is 4.90 Å². The highest BCUT2D eigenvalue weighted by molar-refractivity contribution is 7.89. The smallest absolute Gasteiger partial charge is 0.243 e. The van der Waals surface area contributed by atoms with Crippen LogP contribution in [0.4, 0.5) is 0 Å². The highest BCUT2D eigenvalue weighted by Gasteiger charge is 2.33. The summed E-state index contributed by atoms with van der Waals surface area (Å²) < 4.78 is 27.1. The summed E-state index contributed by atoms with van der Waals surface area (Å²) in [6.07, 6.45) is 4.27. The third-order valence-corrected chi connectivity index (χ3v) is 6.59. The van der Waals surface area contributed by atoms with Crippen LogP contribution >= 0.6 is 0 Å². The Hall–Kier alpha value is -2.25. The summed E-state index contributed by atoms with van der Waals surface area (Å²) in [7, 11) is -3.68. The molecule has 2 rings (SSSR count). The van der Waals surface area contributed by atoms with Crippen molar-refractivity contribution in [3.05, 3.63) is 55.1 Å². The SMILES string of the molecule is C=CCN(CC=C)C(=O)C1CCN(S(=O)(=O)c2cccc(C(C)=O)c2)CC1. The summed E-state index contributed by atoms with van der Waals surface area (Å²) in [4.78, 5) is 26.0. The minimum Gasteiger partial charge on any atom is -0.335 e. The number of hydrogen-bond acceptors (Lipinski definition) is 4. The molecule has 7 heteroatoms. The van der Waals surface area contributed by atoms with E-state index in [0.29, 0.717) is 31.5 Å². The van der Waals surface area contributed by atoms with E-state index in [0.717, 1.165) is 0 Å². The lowest BCUT2D eigenvalue weighted by Gasteiger charge is -2.33. The van der Waals surface area contributed by atoms with Crippen LogP contribution in [0.1, 0.15) is 30.1 Å². The Morgan fingerprint density at radius 1 is 1.19 bits per heavy atom. The maximum absolute atomic E-state index is 12.9. The van der Waals surface area contributed by atoms with Crippen LogP contribution in [0.5, 0.6) is 0 Å². The summed E-state index contributed by atoms with van der Waals surface area (Å²) in [5.74, 6) is -0.383. The monoisotopic (exact) mass is 390 g/mol. The molecule has 0 N–H and O–H groups in total. The number of nitrogens with zero attached hydrogens (tertiary/aromatic N) is 2. The Labute approximate surface area is 161 Å². The molecule has 1 aromatic carbocycles. The molecule has 1 amide bonds. The van der Waals surface area contributed by atoms with Gasteiger partial charge < -0.3 is 4.90 Å². The first-order valence-corrected chi connectivity index (χ1v) is 10.4. The van der Waals surface area contributed by atoms with E-state index in [4.69, 9.17) is 0 Å². The average Bonchev–Trinajstić information content (AvgIpc) is 2.67. The van der Waals surface area contributed by atoms with Crippen molar-refractivity contribution in [2.45, 2.75) is 24.7 Å². The number of rotatable bonds is 8. The van der Waals surface area contributed by atoms with Crippen LogP contribution in [-0.2, 0) is 14.8 Å². The van der Waals surface area contributed by atoms with E-state index in [-0.39, 0.29) is 35.6 Å². The average molecular weight is 391 g/mol. The molecule has 1 aliphatic heterocycles. The van der Waals surface area contributed by atoms with Crippen molar-refractivity contribution in [2.24, 2.45) is 5.92 Å². The molecule has 27 heavy (non-hydrogen) atoms. The van der Waals surface area contributed by atoms with Crippen LogP contribution in [0.15, 0.2) is 54.5 Å². The number of ketones is 1. The van der Waals surface area contributed by atoms with Gasteiger partial charge in [-0.3, -0.25) is 9.59 Å². The Kier molecular flexibility index (Phi) is 7.10. The molecule has 0 aliphatic carbocycles. The third kappa shape index (κ3) is 4.93. The van der Waals surface area contributed by atoms with Gasteiger partial charge in [0, 0.05) is 37.7 Å². The number of carbonyl (C=O) groups is 2. The van der Waals surface area contributed by atoms with Gasteiger partial charge in [-0.2, -0.15) is 4.31 Å². The molecule has 0 radical (unpaired) electrons. The number of Topliss-reactive ketones (excluding diaryl/α,β-unsaturated/α-hetero) is 1. The topological polar surface area (TPSA) is 74.8 Å². The second kappa shape index (κ2) is 9.10. The van der Waals surface area contributed by atoms with Gasteiger partial charge >= 0.3 is 0 Å². The Morgan fingerprint density at radius 3 is 2.30 bits per heavy atom. The predicted molar refractivity (Wildman–Crippen MR) is 105 cm³/mol. The summed E-state index contributed by atoms with van der Waals surface area (Å²) in [6, 6.07) is 6.07. The van der Waals surface area contributed by atoms with Crippen LogP contribution in [0, 0.1) is 5.92 Å². The van der Waals surface area contributed by atoms with Gasteiger partial charge in [-0.25, -0.2) is 8.42 Å². The van der Waals surface area contributed by atoms with Crippen LogP contribution in [0.25, 0.3) is 0 Å². The van der Waals surface area contributed by atoms with Gasteiger partial charge in [-0.15, -0.1) is 13.2 Å². The van der Waals surface area contributed by atoms with E-state index in [2.05, 4.69) is 13.2 Å². The molecule has 0 bridgehead atoms. The molecule has 0 spiro atoms. The van der Waals surface area contributed by atoms with Crippen LogP contribution in [-0.4, -0.2) is 55.5 Å². The fourth-order valence-electron chi connectivity index (χ4n) is 3.19. The van der Waals surface area contributed by atoms with Gasteiger partial charge in [0.15, 0.2) is 5.78 Å². The van der Waals surface area contributed by atoms with Gasteiger partial charge in [0.1, 0.15) is 0 Å². The largest absolute Gasteiger partial charge is 0.335 e. The van der Waals surface area contributed by atoms with Crippen molar-refractivity contribution in [3.63, 3.8) is 0 Å². The van der Waals surface area contributed by atoms with E-state index in [1.165, 1.54) is 23.4 Å². The van der Waals surface area contributed by atoms with E-state index in [9.17, 15) is 18.0 Å². The van der Waals surface area contributed by atoms with E-state index < -0.39 is 10.0 Å². The van der Waals surface area contributed by atoms with E-state index >= 15 is 0 Å². The molecular formula is C20H26N2O4S. The fourth-order valence-corrected chi connectivity index (χ4v) is 4.71. The molecule has 0 aromatic heterocycles. The summed E-state index contributed by atoms with van der Waals surface area (Å²) in [6.45, 7) is 10.2. The zero-order chi connectivity index (χ0) is 20.0. The molecule has 0 saturated carbocycles. The van der Waals surface area contributed by atoms with Gasteiger partial charge in [0.2, 0.25) is 15.9 Å². The number of benzene rings is 1. The highest BCUT2D eigenvalue weighted by Crippen LogP contribution is 2.25. The minimum atomic E-state index is -3.68. The third-order valence-electron chi connectivity index (χ3n) is 4.69. The summed E-state index contributed by atoms with van der Waals surface area (Å²) in [5, 5.41) is 0. The maximum atomic E-state index is 12.9. The van der Waals surface area contributed by atoms with Crippen molar-refractivity contribution in [1.82, 2.24) is 9.21 Å². The summed E-state index contributed by atoms with van der Waals surface area (Å²) >= 11 is 0. The van der Waals surface area contributed by atoms with Crippen molar-refractivity contribution in [2.75, 3.05) is 26.2 Å². The molecular weight excluding hydrogens is 364 g/mol. The first kappa shape index (κ1) is 21.1. The lowest BCUT2D eigenvalue weighted by atomic mass is 9.96. The molecule has 1 aliphatic rings. The molecule has 1 fully saturated rings. The van der Waals surface area contributed by atoms with Gasteiger partial charge in [-0.1, -0.05) is 24.3 Å². The Morgan fingerprint density at radius 2 is 1.78 bits per heavy atom. The van der Waals surface area contributed by atoms with Crippen LogP contribution < -0.4 is 0 Å². The quantitative estimate of drug-likeness (QED) is 0.505. The van der Waals surface area contributed by atoms with Crippen molar-refractivity contribution in [3.8, 4) is 0 Å². The highest BCUT2D eigenvalue weighted by atomic mass is 32.2. The molecule has 146 valence electrons. The second-order valence-electron chi connectivity index (χ2n) is 6.58. The normalized spacial score (nSPS) is 15.9. The van der Waals surface area contributed by atoms with E-state index in [1.54, 1.807) is 29.2 Å². The molecule has 1 aromatic rings. The van der Waals surface area contributed by atoms with Crippen molar-refractivity contribution >= 4 is 21.7 Å². The number of hydrogen-bond donors (Lipinski definition) is 0. The second-order valence-corrected chi connectivity index (χ2v) is 8.52. The van der Waals surface area contributed by atoms with Crippen molar-refractivity contribution < 1.29 is 18.0 Å². The first-order chi connectivity index (χ1) is 12.8. The van der Waals surface area contributed by atoms with Crippen molar-refractivity contribution in [1.29, 1.82) is 0 Å². The minimum absolute atomic E-state index is 0.00502. The standard InChI is InChI=1S/C20H26N2O4S/c1-4-11-21(12-5-2)20(24)17-9-13-22(14-10-17)27(25,26)19-8-6-7-18(15-19)16(3)23/h4-8,15,17H,1-2,9-14H2,3H3. The van der Waals surface area contributed by atoms with Gasteiger partial charge in [0.25, 0.3) is 0 Å². The molecule has 0 unspecified atom stereocenters. The number of piperidine rings is 1. The Bertz CT molecular complexity index is 814. The lowest BCUT2D eigenvalue weighted by molar-refractivity contribution is -0.135. The maximum Gasteiger partial charge on any atom is 0.243 e. The molecule has 1 saturated heterocycles. The molecule has 6 nitrogen and oxygen atoms in total. The first-order valence-electron chi connectivity index (χ1n) is 8.93. The van der Waals surface area contributed by atoms with Crippen LogP contribution in [0.2, 0.25) is 0 Å². The number of sulfonamides is 1. The number of carbonyl (C=O) groups excluding carboxylic acids is 2. The summed E-state index contributed by atoms with van der Waals surface area (Å²) in [5.41, 5.74) is 0.366.